The smallest absolute Gasteiger partial charge is 0.233 e. The van der Waals surface area contributed by atoms with Gasteiger partial charge < -0.3 is 0 Å². The lowest BCUT2D eigenvalue weighted by Crippen LogP contribution is -2.23. The molecule has 0 radical (unpaired) electrons. The van der Waals surface area contributed by atoms with Crippen molar-refractivity contribution in [3.8, 4) is 12.3 Å². The van der Waals surface area contributed by atoms with Crippen LogP contribution in [-0.2, 0) is 4.79 Å². The van der Waals surface area contributed by atoms with E-state index in [1.807, 2.05) is 0 Å². The van der Waals surface area contributed by atoms with Crippen LogP contribution < -0.4 is 5.32 Å². The molecule has 1 heterocycles. The first-order chi connectivity index (χ1) is 8.70. The van der Waals surface area contributed by atoms with Gasteiger partial charge in [0.05, 0.1) is 5.41 Å². The molecule has 1 aliphatic carbocycles. The van der Waals surface area contributed by atoms with Crippen LogP contribution in [0.1, 0.15) is 19.3 Å². The summed E-state index contributed by atoms with van der Waals surface area (Å²) in [6.45, 7) is 3.64. The molecule has 18 heavy (non-hydrogen) atoms. The SMILES string of the molecule is C#CCC1(C(=O)Nc2nnc(SCC=C)s2)CC1. The highest BCUT2D eigenvalue weighted by molar-refractivity contribution is 8.01. The second-order valence-corrected chi connectivity index (χ2v) is 6.33. The molecule has 1 amide bonds. The zero-order chi connectivity index (χ0) is 13.0. The second kappa shape index (κ2) is 5.55. The summed E-state index contributed by atoms with van der Waals surface area (Å²) < 4.78 is 0.826. The fourth-order valence-corrected chi connectivity index (χ4v) is 3.02. The number of thioether (sulfide) groups is 1. The number of hydrogen-bond donors (Lipinski definition) is 1. The Morgan fingerprint density at radius 2 is 2.44 bits per heavy atom. The highest BCUT2D eigenvalue weighted by Crippen LogP contribution is 2.49. The van der Waals surface area contributed by atoms with Crippen LogP contribution in [0, 0.1) is 17.8 Å². The van der Waals surface area contributed by atoms with Gasteiger partial charge in [-0.1, -0.05) is 29.2 Å². The Morgan fingerprint density at radius 3 is 3.06 bits per heavy atom. The quantitative estimate of drug-likeness (QED) is 0.376. The molecule has 0 aromatic carbocycles. The number of anilines is 1. The van der Waals surface area contributed by atoms with Crippen LogP contribution in [0.5, 0.6) is 0 Å². The lowest BCUT2D eigenvalue weighted by Gasteiger charge is -2.09. The number of rotatable bonds is 6. The highest BCUT2D eigenvalue weighted by Gasteiger charge is 2.49. The van der Waals surface area contributed by atoms with Gasteiger partial charge in [0.2, 0.25) is 11.0 Å². The van der Waals surface area contributed by atoms with Crippen molar-refractivity contribution in [3.63, 3.8) is 0 Å². The lowest BCUT2D eigenvalue weighted by atomic mass is 10.0. The van der Waals surface area contributed by atoms with Crippen LogP contribution in [0.3, 0.4) is 0 Å². The fourth-order valence-electron chi connectivity index (χ4n) is 1.51. The highest BCUT2D eigenvalue weighted by atomic mass is 32.2. The van der Waals surface area contributed by atoms with Gasteiger partial charge in [-0.2, -0.15) is 0 Å². The number of terminal acetylenes is 1. The van der Waals surface area contributed by atoms with Crippen LogP contribution in [-0.4, -0.2) is 21.9 Å². The summed E-state index contributed by atoms with van der Waals surface area (Å²) in [6, 6.07) is 0. The van der Waals surface area contributed by atoms with E-state index in [4.69, 9.17) is 6.42 Å². The number of hydrogen-bond acceptors (Lipinski definition) is 5. The average molecular weight is 279 g/mol. The maximum Gasteiger partial charge on any atom is 0.233 e. The first-order valence-electron chi connectivity index (χ1n) is 5.52. The molecule has 6 heteroatoms. The fraction of sp³-hybridized carbons (Fsp3) is 0.417. The Labute approximate surface area is 114 Å². The van der Waals surface area contributed by atoms with Gasteiger partial charge in [-0.3, -0.25) is 10.1 Å². The van der Waals surface area contributed by atoms with E-state index >= 15 is 0 Å². The molecule has 0 atom stereocenters. The predicted molar refractivity (Wildman–Crippen MR) is 74.6 cm³/mol. The lowest BCUT2D eigenvalue weighted by molar-refractivity contribution is -0.120. The molecule has 1 fully saturated rings. The van der Waals surface area contributed by atoms with E-state index in [1.54, 1.807) is 17.8 Å². The van der Waals surface area contributed by atoms with E-state index in [0.29, 0.717) is 11.6 Å². The zero-order valence-electron chi connectivity index (χ0n) is 9.81. The van der Waals surface area contributed by atoms with E-state index < -0.39 is 0 Å². The van der Waals surface area contributed by atoms with Gasteiger partial charge in [-0.05, 0) is 12.8 Å². The normalized spacial score (nSPS) is 15.7. The standard InChI is InChI=1S/C12H13N3OS2/c1-3-5-12(6-7-12)9(16)13-10-14-15-11(18-10)17-8-4-2/h1,4H,2,5-8H2,(H,13,14,16). The summed E-state index contributed by atoms with van der Waals surface area (Å²) in [7, 11) is 0. The van der Waals surface area contributed by atoms with Gasteiger partial charge in [-0.15, -0.1) is 29.1 Å². The average Bonchev–Trinajstić information content (AvgIpc) is 3.01. The molecular weight excluding hydrogens is 266 g/mol. The van der Waals surface area contributed by atoms with E-state index in [0.717, 1.165) is 22.9 Å². The Balaban J connectivity index is 1.93. The van der Waals surface area contributed by atoms with Crippen molar-refractivity contribution in [3.05, 3.63) is 12.7 Å². The number of carbonyl (C=O) groups is 1. The van der Waals surface area contributed by atoms with E-state index in [1.165, 1.54) is 11.3 Å². The van der Waals surface area contributed by atoms with Crippen molar-refractivity contribution in [1.82, 2.24) is 10.2 Å². The van der Waals surface area contributed by atoms with Crippen LogP contribution in [0.4, 0.5) is 5.13 Å². The van der Waals surface area contributed by atoms with Crippen molar-refractivity contribution in [2.45, 2.75) is 23.6 Å². The first kappa shape index (κ1) is 13.1. The summed E-state index contributed by atoms with van der Waals surface area (Å²) in [6.07, 6.45) is 9.30. The summed E-state index contributed by atoms with van der Waals surface area (Å²) in [5.41, 5.74) is -0.352. The molecule has 0 saturated heterocycles. The van der Waals surface area contributed by atoms with Gasteiger partial charge in [-0.25, -0.2) is 0 Å². The molecule has 2 rings (SSSR count). The Bertz CT molecular complexity index is 500. The first-order valence-corrected chi connectivity index (χ1v) is 7.32. The van der Waals surface area contributed by atoms with Crippen LogP contribution in [0.2, 0.25) is 0 Å². The molecule has 1 saturated carbocycles. The minimum Gasteiger partial charge on any atom is -0.300 e. The summed E-state index contributed by atoms with van der Waals surface area (Å²) in [4.78, 5) is 12.0. The van der Waals surface area contributed by atoms with Crippen LogP contribution in [0.25, 0.3) is 0 Å². The minimum absolute atomic E-state index is 0.0307. The Morgan fingerprint density at radius 1 is 1.67 bits per heavy atom. The van der Waals surface area contributed by atoms with Gasteiger partial charge in [0, 0.05) is 12.2 Å². The zero-order valence-corrected chi connectivity index (χ0v) is 11.4. The van der Waals surface area contributed by atoms with Gasteiger partial charge in [0.25, 0.3) is 0 Å². The molecule has 1 aromatic rings. The molecular formula is C12H13N3OS2. The molecule has 1 aliphatic rings. The maximum atomic E-state index is 12.0. The number of amides is 1. The third-order valence-corrected chi connectivity index (χ3v) is 4.70. The topological polar surface area (TPSA) is 54.9 Å². The van der Waals surface area contributed by atoms with Crippen LogP contribution in [0.15, 0.2) is 17.0 Å². The van der Waals surface area contributed by atoms with Crippen molar-refractivity contribution < 1.29 is 4.79 Å². The monoisotopic (exact) mass is 279 g/mol. The largest absolute Gasteiger partial charge is 0.300 e. The van der Waals surface area contributed by atoms with Crippen molar-refractivity contribution in [2.75, 3.05) is 11.1 Å². The molecule has 0 aliphatic heterocycles. The Kier molecular flexibility index (Phi) is 4.04. The van der Waals surface area contributed by atoms with Crippen LogP contribution >= 0.6 is 23.1 Å². The number of nitrogens with zero attached hydrogens (tertiary/aromatic N) is 2. The summed E-state index contributed by atoms with van der Waals surface area (Å²) in [5, 5.41) is 11.3. The third kappa shape index (κ3) is 2.92. The van der Waals surface area contributed by atoms with Crippen molar-refractivity contribution in [2.24, 2.45) is 5.41 Å². The van der Waals surface area contributed by atoms with E-state index in [2.05, 4.69) is 28.0 Å². The molecule has 0 bridgehead atoms. The number of nitrogens with one attached hydrogen (secondary N) is 1. The molecule has 0 unspecified atom stereocenters. The van der Waals surface area contributed by atoms with E-state index in [-0.39, 0.29) is 11.3 Å². The summed E-state index contributed by atoms with van der Waals surface area (Å²) in [5.74, 6) is 3.31. The molecule has 1 aromatic heterocycles. The Hall–Kier alpha value is -1.32. The van der Waals surface area contributed by atoms with E-state index in [9.17, 15) is 4.79 Å². The second-order valence-electron chi connectivity index (χ2n) is 4.09. The van der Waals surface area contributed by atoms with Gasteiger partial charge in [0.1, 0.15) is 0 Å². The van der Waals surface area contributed by atoms with Crippen molar-refractivity contribution in [1.29, 1.82) is 0 Å². The predicted octanol–water partition coefficient (Wildman–Crippen LogP) is 2.56. The molecule has 4 nitrogen and oxygen atoms in total. The minimum atomic E-state index is -0.352. The molecule has 1 N–H and O–H groups in total. The van der Waals surface area contributed by atoms with Gasteiger partial charge in [0.15, 0.2) is 4.34 Å². The number of carbonyl (C=O) groups excluding carboxylic acids is 1. The van der Waals surface area contributed by atoms with Crippen molar-refractivity contribution >= 4 is 34.1 Å². The third-order valence-electron chi connectivity index (χ3n) is 2.73. The maximum absolute atomic E-state index is 12.0. The number of aromatic nitrogens is 2. The summed E-state index contributed by atoms with van der Waals surface area (Å²) >= 11 is 2.92. The van der Waals surface area contributed by atoms with Gasteiger partial charge >= 0.3 is 0 Å². The molecule has 94 valence electrons. The molecule has 0 spiro atoms.